The summed E-state index contributed by atoms with van der Waals surface area (Å²) in [5, 5.41) is 36.4. The number of aliphatic hydroxyl groups is 1. The molecule has 0 radical (unpaired) electrons. The predicted molar refractivity (Wildman–Crippen MR) is 318 cm³/mol. The van der Waals surface area contributed by atoms with Crippen molar-refractivity contribution < 1.29 is 33.3 Å². The van der Waals surface area contributed by atoms with Gasteiger partial charge in [-0.3, -0.25) is 14.6 Å². The van der Waals surface area contributed by atoms with Crippen LogP contribution in [0, 0.1) is 23.1 Å². The molecule has 82 heavy (non-hydrogen) atoms. The van der Waals surface area contributed by atoms with Crippen molar-refractivity contribution in [2.24, 2.45) is 5.92 Å². The number of nitrogens with two attached hydrogens (primary N) is 1. The maximum Gasteiger partial charge on any atom is 0.319 e. The fourth-order valence-corrected chi connectivity index (χ4v) is 11.7. The number of hydrogen-bond acceptors (Lipinski definition) is 16. The molecule has 22 heteroatoms. The van der Waals surface area contributed by atoms with Gasteiger partial charge in [-0.1, -0.05) is 96.9 Å². The van der Waals surface area contributed by atoms with E-state index >= 15 is 4.39 Å². The Labute approximate surface area is 489 Å². The maximum atomic E-state index is 15.3. The number of fused-ring (bicyclic) bond motifs is 4. The summed E-state index contributed by atoms with van der Waals surface area (Å²) in [4.78, 5) is 38.5. The number of pyridine rings is 1. The average Bonchev–Trinajstić information content (AvgIpc) is 2.79. The number of carbonyl (C=O) groups excluding carboxylic acids is 2. The van der Waals surface area contributed by atoms with Gasteiger partial charge >= 0.3 is 6.01 Å². The monoisotopic (exact) mass is 1170 g/mol. The molecule has 18 nitrogen and oxygen atoms in total. The van der Waals surface area contributed by atoms with Gasteiger partial charge in [0.2, 0.25) is 12.8 Å². The minimum atomic E-state index is -0.486. The van der Waals surface area contributed by atoms with E-state index in [4.69, 9.17) is 53.1 Å². The maximum absolute atomic E-state index is 15.3. The fourth-order valence-electron chi connectivity index (χ4n) is 10.2. The molecular weight excluding hydrogens is 1110 g/mol. The van der Waals surface area contributed by atoms with Crippen LogP contribution in [-0.4, -0.2) is 117 Å². The lowest BCUT2D eigenvalue weighted by molar-refractivity contribution is -0.118. The van der Waals surface area contributed by atoms with Crippen molar-refractivity contribution in [3.8, 4) is 51.3 Å². The number of thiophene rings is 1. The summed E-state index contributed by atoms with van der Waals surface area (Å²) in [5.74, 6) is 0.953. The third kappa shape index (κ3) is 12.9. The third-order valence-corrected chi connectivity index (χ3v) is 17.0. The number of nitrogens with zero attached hydrogens (tertiary/aromatic N) is 9. The zero-order valence-electron chi connectivity index (χ0n) is 46.4. The number of anilines is 2. The standard InChI is InChI=1S/C40H41ClFN9O3S.C14H13ClN2O2.C6H11NO/c1-20(2)22(4)51-17-32(48-49-51)24-8-6-23(7-9-24)19-53-36-34(27-10-11-31(42)37-33(27)29(14-43)38(44)55-37)30(41)13-28-35(36)46-40(54-18-21(3)52-5)47-39(28)50-16-25-12-26(50)15-45-25;15-13-7-16-6-5-12(13)10-1-3-11(4-2-10)14(8-18)17-9-19;1-6-3-2-4-7(6)5-8/h6-11,13,17,20-22,25-26,45H,12,15-16,18-19,44H2,1-5H3;1-7,9,14,18H,8H2,(H,17,19);5-6H,2-4H2,1H3/t21-,22?,25?,26?;;/m0../s1. The first kappa shape index (κ1) is 59.1. The van der Waals surface area contributed by atoms with Gasteiger partial charge in [0.05, 0.1) is 51.3 Å². The number of likely N-dealkylation sites (tertiary alicyclic amines) is 1. The summed E-state index contributed by atoms with van der Waals surface area (Å²) < 4.78 is 35.9. The fraction of sp³-hybridized carbons (Fsp3) is 0.367. The van der Waals surface area contributed by atoms with Gasteiger partial charge < -0.3 is 45.5 Å². The highest BCUT2D eigenvalue weighted by Crippen LogP contribution is 2.50. The van der Waals surface area contributed by atoms with Crippen LogP contribution in [0.2, 0.25) is 10.0 Å². The van der Waals surface area contributed by atoms with E-state index < -0.39 is 5.82 Å². The molecule has 428 valence electrons. The molecule has 8 aromatic rings. The zero-order chi connectivity index (χ0) is 58.2. The topological polar surface area (TPSA) is 232 Å². The van der Waals surface area contributed by atoms with Gasteiger partial charge in [0.15, 0.2) is 5.75 Å². The normalized spacial score (nSPS) is 17.4. The van der Waals surface area contributed by atoms with Crippen molar-refractivity contribution in [3.63, 3.8) is 0 Å². The predicted octanol–water partition coefficient (Wildman–Crippen LogP) is 10.6. The molecular formula is C60H65Cl2FN12O6S. The number of ether oxygens (including phenoxy) is 3. The largest absolute Gasteiger partial charge is 0.486 e. The van der Waals surface area contributed by atoms with Crippen LogP contribution in [0.4, 0.5) is 15.2 Å². The summed E-state index contributed by atoms with van der Waals surface area (Å²) in [6.07, 6.45) is 9.89. The number of benzene rings is 4. The van der Waals surface area contributed by atoms with Crippen molar-refractivity contribution in [2.75, 3.05) is 50.6 Å². The van der Waals surface area contributed by atoms with Crippen molar-refractivity contribution >= 4 is 79.2 Å². The van der Waals surface area contributed by atoms with E-state index in [1.54, 1.807) is 25.6 Å². The highest BCUT2D eigenvalue weighted by atomic mass is 35.5. The minimum absolute atomic E-state index is 0.135. The van der Waals surface area contributed by atoms with Gasteiger partial charge in [-0.05, 0) is 86.4 Å². The second kappa shape index (κ2) is 26.6. The number of aromatic nitrogens is 6. The van der Waals surface area contributed by atoms with Gasteiger partial charge in [-0.15, -0.1) is 16.4 Å². The SMILES string of the molecule is CC1CCCN1C=O.CO[C@@H](C)COc1nc(N2CC3CC2CN3)c2cc(Cl)c(-c3ccc(F)c4sc(N)c(C#N)c34)c(OCc3ccc(-c4cn(C(C)C(C)C)nn4)cc3)c2n1.O=CNC(CO)c1ccc(-c2ccncc2Cl)cc1. The highest BCUT2D eigenvalue weighted by Gasteiger charge is 2.40. The Kier molecular flexibility index (Phi) is 19.2. The van der Waals surface area contributed by atoms with Crippen LogP contribution in [0.3, 0.4) is 0 Å². The van der Waals surface area contributed by atoms with E-state index in [2.05, 4.69) is 64.6 Å². The Morgan fingerprint density at radius 2 is 1.78 bits per heavy atom. The Balaban J connectivity index is 0.000000245. The smallest absolute Gasteiger partial charge is 0.319 e. The molecule has 11 rings (SSSR count). The summed E-state index contributed by atoms with van der Waals surface area (Å²) in [6.45, 7) is 13.2. The number of hydrogen-bond donors (Lipinski definition) is 4. The number of nitrogen functional groups attached to an aromatic ring is 1. The molecule has 3 saturated heterocycles. The second-order valence-electron chi connectivity index (χ2n) is 20.9. The van der Waals surface area contributed by atoms with E-state index in [0.29, 0.717) is 73.4 Å². The molecule has 5 N–H and O–H groups in total. The van der Waals surface area contributed by atoms with E-state index in [1.165, 1.54) is 18.9 Å². The number of nitrogens with one attached hydrogen (secondary N) is 2. The molecule has 2 bridgehead atoms. The number of amides is 2. The molecule has 3 aliphatic heterocycles. The van der Waals surface area contributed by atoms with Crippen molar-refractivity contribution in [1.82, 2.24) is 45.5 Å². The number of rotatable bonds is 18. The molecule has 0 saturated carbocycles. The molecule has 4 aromatic heterocycles. The first-order chi connectivity index (χ1) is 39.6. The van der Waals surface area contributed by atoms with Gasteiger partial charge in [0.25, 0.3) is 0 Å². The van der Waals surface area contributed by atoms with E-state index in [0.717, 1.165) is 77.3 Å². The van der Waals surface area contributed by atoms with E-state index in [9.17, 15) is 20.0 Å². The first-order valence-electron chi connectivity index (χ1n) is 27.1. The second-order valence-corrected chi connectivity index (χ2v) is 22.8. The van der Waals surface area contributed by atoms with Crippen molar-refractivity contribution in [2.45, 2.75) is 96.8 Å². The molecule has 3 fully saturated rings. The van der Waals surface area contributed by atoms with Gasteiger partial charge in [-0.2, -0.15) is 15.2 Å². The Morgan fingerprint density at radius 1 is 1.01 bits per heavy atom. The summed E-state index contributed by atoms with van der Waals surface area (Å²) in [5.41, 5.74) is 13.1. The number of piperazine rings is 1. The molecule has 5 unspecified atom stereocenters. The number of carbonyl (C=O) groups is 2. The number of aliphatic hydroxyl groups excluding tert-OH is 1. The Morgan fingerprint density at radius 3 is 2.40 bits per heavy atom. The minimum Gasteiger partial charge on any atom is -0.486 e. The lowest BCUT2D eigenvalue weighted by Crippen LogP contribution is -2.44. The molecule has 0 spiro atoms. The average molecular weight is 1170 g/mol. The summed E-state index contributed by atoms with van der Waals surface area (Å²) in [6, 6.07) is 25.3. The van der Waals surface area contributed by atoms with E-state index in [-0.39, 0.29) is 65.3 Å². The highest BCUT2D eigenvalue weighted by molar-refractivity contribution is 7.23. The van der Waals surface area contributed by atoms with Gasteiger partial charge in [-0.25, -0.2) is 9.07 Å². The van der Waals surface area contributed by atoms with Crippen LogP contribution >= 0.6 is 34.5 Å². The van der Waals surface area contributed by atoms with Crippen LogP contribution in [0.25, 0.3) is 54.5 Å². The third-order valence-electron chi connectivity index (χ3n) is 15.3. The number of methoxy groups -OCH3 is 1. The number of halogens is 3. The van der Waals surface area contributed by atoms with Crippen LogP contribution in [0.1, 0.15) is 82.7 Å². The van der Waals surface area contributed by atoms with Crippen LogP contribution in [-0.2, 0) is 20.9 Å². The van der Waals surface area contributed by atoms with E-state index in [1.807, 2.05) is 83.4 Å². The lowest BCUT2D eigenvalue weighted by atomic mass is 9.96. The molecule has 4 aromatic carbocycles. The van der Waals surface area contributed by atoms with Gasteiger partial charge in [0.1, 0.15) is 47.1 Å². The molecule has 2 amide bonds. The Hall–Kier alpha value is -7.51. The van der Waals surface area contributed by atoms with Crippen molar-refractivity contribution in [3.05, 3.63) is 124 Å². The summed E-state index contributed by atoms with van der Waals surface area (Å²) >= 11 is 14.4. The molecule has 7 heterocycles. The number of nitriles is 1. The van der Waals surface area contributed by atoms with Gasteiger partial charge in [0, 0.05) is 84.7 Å². The van der Waals surface area contributed by atoms with Crippen LogP contribution in [0.15, 0.2) is 91.4 Å². The van der Waals surface area contributed by atoms with Crippen LogP contribution in [0.5, 0.6) is 11.8 Å². The molecule has 3 aliphatic rings. The Bertz CT molecular complexity index is 3580. The van der Waals surface area contributed by atoms with Crippen molar-refractivity contribution in [1.29, 1.82) is 5.26 Å². The molecule has 0 aliphatic carbocycles. The quantitative estimate of drug-likeness (QED) is 0.0585. The summed E-state index contributed by atoms with van der Waals surface area (Å²) in [7, 11) is 1.62. The zero-order valence-corrected chi connectivity index (χ0v) is 48.7. The first-order valence-corrected chi connectivity index (χ1v) is 28.7. The lowest BCUT2D eigenvalue weighted by Gasteiger charge is -2.30. The molecule has 6 atom stereocenters. The van der Waals surface area contributed by atoms with Crippen LogP contribution < -0.4 is 30.7 Å².